The number of ether oxygens (including phenoxy) is 1. The van der Waals surface area contributed by atoms with E-state index in [1.165, 1.54) is 15.4 Å². The number of hydrogen-bond acceptors (Lipinski definition) is 4. The van der Waals surface area contributed by atoms with Gasteiger partial charge < -0.3 is 14.2 Å². The molecule has 194 valence electrons. The van der Waals surface area contributed by atoms with Crippen molar-refractivity contribution < 1.29 is 17.9 Å². The number of fused-ring (bicyclic) bond motifs is 1. The fraction of sp³-hybridized carbons (Fsp3) is 0.345. The zero-order valence-electron chi connectivity index (χ0n) is 22.0. The Morgan fingerprint density at radius 3 is 2.35 bits per heavy atom. The molecule has 1 saturated heterocycles. The number of carbonyl (C=O) groups excluding carboxylic acids is 1. The van der Waals surface area contributed by atoms with Crippen molar-refractivity contribution in [2.24, 2.45) is 0 Å². The summed E-state index contributed by atoms with van der Waals surface area (Å²) in [5.41, 5.74) is 8.46. The third-order valence-corrected chi connectivity index (χ3v) is 9.36. The van der Waals surface area contributed by atoms with E-state index in [1.807, 2.05) is 19.9 Å². The molecule has 3 aromatic rings. The number of anilines is 1. The zero-order valence-corrected chi connectivity index (χ0v) is 22.9. The van der Waals surface area contributed by atoms with Crippen LogP contribution < -0.4 is 4.90 Å². The van der Waals surface area contributed by atoms with Crippen LogP contribution in [0.1, 0.15) is 40.6 Å². The molecule has 0 spiro atoms. The molecular formula is C29H33N3O4S. The maximum absolute atomic E-state index is 13.5. The van der Waals surface area contributed by atoms with Crippen LogP contribution in [0.5, 0.6) is 0 Å². The molecule has 5 rings (SSSR count). The molecule has 2 aromatic carbocycles. The molecule has 0 radical (unpaired) electrons. The summed E-state index contributed by atoms with van der Waals surface area (Å²) in [6, 6.07) is 13.5. The first-order valence-corrected chi connectivity index (χ1v) is 14.1. The molecule has 0 saturated carbocycles. The molecule has 37 heavy (non-hydrogen) atoms. The summed E-state index contributed by atoms with van der Waals surface area (Å²) in [4.78, 5) is 15.4. The Labute approximate surface area is 219 Å². The molecule has 0 atom stereocenters. The number of carbonyl (C=O) groups is 1. The smallest absolute Gasteiger partial charge is 0.258 e. The Balaban J connectivity index is 1.60. The van der Waals surface area contributed by atoms with E-state index in [9.17, 15) is 13.2 Å². The third-order valence-electron chi connectivity index (χ3n) is 7.47. The lowest BCUT2D eigenvalue weighted by Gasteiger charge is -2.26. The Bertz CT molecular complexity index is 1530. The van der Waals surface area contributed by atoms with Crippen LogP contribution in [0, 0.1) is 27.7 Å². The van der Waals surface area contributed by atoms with Crippen LogP contribution in [-0.2, 0) is 19.6 Å². The summed E-state index contributed by atoms with van der Waals surface area (Å²) >= 11 is 0. The van der Waals surface area contributed by atoms with Crippen molar-refractivity contribution in [1.29, 1.82) is 0 Å². The van der Waals surface area contributed by atoms with E-state index in [2.05, 4.69) is 49.6 Å². The molecule has 0 aliphatic carbocycles. The van der Waals surface area contributed by atoms with Gasteiger partial charge in [0, 0.05) is 47.8 Å². The van der Waals surface area contributed by atoms with Crippen LogP contribution in [0.25, 0.3) is 17.3 Å². The number of rotatable bonds is 5. The fourth-order valence-electron chi connectivity index (χ4n) is 5.24. The van der Waals surface area contributed by atoms with Crippen molar-refractivity contribution in [2.75, 3.05) is 37.7 Å². The number of nitrogens with zero attached hydrogens (tertiary/aromatic N) is 3. The number of benzene rings is 2. The summed E-state index contributed by atoms with van der Waals surface area (Å²) in [7, 11) is -3.68. The molecule has 0 N–H and O–H groups in total. The Kier molecular flexibility index (Phi) is 6.60. The van der Waals surface area contributed by atoms with Gasteiger partial charge >= 0.3 is 0 Å². The number of aromatic nitrogens is 1. The average Bonchev–Trinajstić information content (AvgIpc) is 3.32. The monoisotopic (exact) mass is 519 g/mol. The summed E-state index contributed by atoms with van der Waals surface area (Å²) in [5, 5.41) is 0. The number of amides is 1. The fourth-order valence-corrected chi connectivity index (χ4v) is 6.67. The van der Waals surface area contributed by atoms with Gasteiger partial charge in [-0.3, -0.25) is 4.79 Å². The maximum Gasteiger partial charge on any atom is 0.258 e. The molecule has 2 aliphatic heterocycles. The summed E-state index contributed by atoms with van der Waals surface area (Å²) < 4.78 is 35.7. The predicted octanol–water partition coefficient (Wildman–Crippen LogP) is 4.64. The van der Waals surface area contributed by atoms with Gasteiger partial charge in [-0.2, -0.15) is 4.31 Å². The Hall–Kier alpha value is -3.20. The molecule has 0 unspecified atom stereocenters. The van der Waals surface area contributed by atoms with Crippen LogP contribution in [0.3, 0.4) is 0 Å². The van der Waals surface area contributed by atoms with Crippen LogP contribution in [-0.4, -0.2) is 56.0 Å². The molecule has 2 aliphatic rings. The minimum absolute atomic E-state index is 0.116. The zero-order chi connectivity index (χ0) is 26.5. The second kappa shape index (κ2) is 9.59. The molecule has 1 fully saturated rings. The van der Waals surface area contributed by atoms with E-state index >= 15 is 0 Å². The van der Waals surface area contributed by atoms with Crippen LogP contribution in [0.2, 0.25) is 0 Å². The van der Waals surface area contributed by atoms with Crippen molar-refractivity contribution in [3.8, 4) is 5.69 Å². The lowest BCUT2D eigenvalue weighted by molar-refractivity contribution is -0.112. The molecule has 8 heteroatoms. The molecule has 1 aromatic heterocycles. The molecular weight excluding hydrogens is 486 g/mol. The summed E-state index contributed by atoms with van der Waals surface area (Å²) in [6.45, 7) is 12.1. The van der Waals surface area contributed by atoms with Gasteiger partial charge in [0.2, 0.25) is 10.0 Å². The minimum Gasteiger partial charge on any atom is -0.379 e. The van der Waals surface area contributed by atoms with E-state index in [1.54, 1.807) is 23.1 Å². The number of aryl methyl sites for hydroxylation is 3. The molecule has 1 amide bonds. The number of likely N-dealkylation sites (N-methyl/N-ethyl adjacent to an activating group) is 1. The minimum atomic E-state index is -3.68. The average molecular weight is 520 g/mol. The summed E-state index contributed by atoms with van der Waals surface area (Å²) in [5.74, 6) is -0.116. The van der Waals surface area contributed by atoms with Gasteiger partial charge in [0.15, 0.2) is 0 Å². The Morgan fingerprint density at radius 2 is 1.68 bits per heavy atom. The maximum atomic E-state index is 13.5. The summed E-state index contributed by atoms with van der Waals surface area (Å²) in [6.07, 6.45) is 1.90. The SMILES string of the molecule is CCN1C(=O)/C(=C\c2cc(C)n(-c3ccc(C)c(C)c3)c2C)c2cc(S(=O)(=O)N3CCOCC3)ccc21. The van der Waals surface area contributed by atoms with Crippen molar-refractivity contribution in [1.82, 2.24) is 8.87 Å². The van der Waals surface area contributed by atoms with Crippen molar-refractivity contribution in [3.63, 3.8) is 0 Å². The van der Waals surface area contributed by atoms with Gasteiger partial charge in [0.05, 0.1) is 23.8 Å². The third kappa shape index (κ3) is 4.33. The van der Waals surface area contributed by atoms with E-state index in [0.29, 0.717) is 44.0 Å². The second-order valence-corrected chi connectivity index (χ2v) is 11.7. The highest BCUT2D eigenvalue weighted by atomic mass is 32.2. The first-order chi connectivity index (χ1) is 17.6. The highest BCUT2D eigenvalue weighted by Gasteiger charge is 2.34. The van der Waals surface area contributed by atoms with E-state index in [-0.39, 0.29) is 10.8 Å². The topological polar surface area (TPSA) is 71.9 Å². The molecule has 7 nitrogen and oxygen atoms in total. The van der Waals surface area contributed by atoms with Crippen molar-refractivity contribution in [2.45, 2.75) is 39.5 Å². The molecule has 0 bridgehead atoms. The first-order valence-electron chi connectivity index (χ1n) is 12.7. The van der Waals surface area contributed by atoms with Gasteiger partial charge in [0.1, 0.15) is 0 Å². The standard InChI is InChI=1S/C29H33N3O4S/c1-6-31-28-10-9-25(37(34,35)30-11-13-36-14-12-30)18-26(28)27(29(31)33)17-23-16-21(4)32(22(23)5)24-8-7-19(2)20(3)15-24/h7-10,15-18H,6,11-14H2,1-5H3/b27-17-. The highest BCUT2D eigenvalue weighted by Crippen LogP contribution is 2.40. The largest absolute Gasteiger partial charge is 0.379 e. The second-order valence-electron chi connectivity index (χ2n) is 9.73. The van der Waals surface area contributed by atoms with Crippen molar-refractivity contribution >= 4 is 33.3 Å². The van der Waals surface area contributed by atoms with Crippen LogP contribution in [0.4, 0.5) is 5.69 Å². The van der Waals surface area contributed by atoms with Gasteiger partial charge in [-0.15, -0.1) is 0 Å². The normalized spacial score (nSPS) is 17.6. The lowest BCUT2D eigenvalue weighted by Crippen LogP contribution is -2.40. The number of sulfonamides is 1. The number of hydrogen-bond donors (Lipinski definition) is 0. The van der Waals surface area contributed by atoms with E-state index in [0.717, 1.165) is 28.3 Å². The van der Waals surface area contributed by atoms with Crippen LogP contribution in [0.15, 0.2) is 47.4 Å². The predicted molar refractivity (Wildman–Crippen MR) is 147 cm³/mol. The van der Waals surface area contributed by atoms with Gasteiger partial charge in [-0.05, 0) is 93.8 Å². The first kappa shape index (κ1) is 25.4. The van der Waals surface area contributed by atoms with Crippen molar-refractivity contribution in [3.05, 3.63) is 76.1 Å². The van der Waals surface area contributed by atoms with Crippen LogP contribution >= 0.6 is 0 Å². The van der Waals surface area contributed by atoms with E-state index in [4.69, 9.17) is 4.74 Å². The number of morpholine rings is 1. The quantitative estimate of drug-likeness (QED) is 0.461. The lowest BCUT2D eigenvalue weighted by atomic mass is 10.0. The Morgan fingerprint density at radius 1 is 0.946 bits per heavy atom. The van der Waals surface area contributed by atoms with Gasteiger partial charge in [-0.1, -0.05) is 6.07 Å². The van der Waals surface area contributed by atoms with Gasteiger partial charge in [-0.25, -0.2) is 8.42 Å². The molecule has 3 heterocycles. The van der Waals surface area contributed by atoms with E-state index < -0.39 is 10.0 Å². The highest BCUT2D eigenvalue weighted by molar-refractivity contribution is 7.89. The van der Waals surface area contributed by atoms with Gasteiger partial charge in [0.25, 0.3) is 5.91 Å².